The van der Waals surface area contributed by atoms with Crippen molar-refractivity contribution < 1.29 is 81.7 Å². The van der Waals surface area contributed by atoms with Gasteiger partial charge in [-0.1, -0.05) is 11.2 Å². The molecule has 3 aromatic rings. The van der Waals surface area contributed by atoms with Crippen molar-refractivity contribution in [3.05, 3.63) is 62.6 Å². The zero-order chi connectivity index (χ0) is 26.4. The second-order valence-corrected chi connectivity index (χ2v) is 10.7. The molecular weight excluding hydrogens is 551 g/mol. The molecule has 0 saturated carbocycles. The van der Waals surface area contributed by atoms with Crippen molar-refractivity contribution in [2.75, 3.05) is 6.61 Å². The molecule has 3 heterocycles. The van der Waals surface area contributed by atoms with Gasteiger partial charge in [0.15, 0.2) is 11.8 Å². The van der Waals surface area contributed by atoms with Gasteiger partial charge in [0.25, 0.3) is 13.4 Å². The number of benzene rings is 1. The molecule has 16 nitrogen and oxygen atoms in total. The molecular formula is C18H20N3NaO13P2. The summed E-state index contributed by atoms with van der Waals surface area (Å²) in [6.07, 6.45) is -5.60. The number of hydrogen-bond donors (Lipinski definition) is 4. The second kappa shape index (κ2) is 11.3. The zero-order valence-electron chi connectivity index (χ0n) is 19.3. The molecule has 1 aliphatic rings. The van der Waals surface area contributed by atoms with Crippen LogP contribution < -0.4 is 45.7 Å². The van der Waals surface area contributed by atoms with E-state index >= 15 is 0 Å². The van der Waals surface area contributed by atoms with E-state index in [9.17, 15) is 38.7 Å². The van der Waals surface area contributed by atoms with Crippen LogP contribution in [-0.2, 0) is 29.2 Å². The number of rotatable bonds is 8. The molecule has 1 aromatic carbocycles. The van der Waals surface area contributed by atoms with Crippen LogP contribution in [0.5, 0.6) is 0 Å². The van der Waals surface area contributed by atoms with Gasteiger partial charge in [-0.05, 0) is 24.6 Å². The number of aromatic nitrogens is 3. The summed E-state index contributed by atoms with van der Waals surface area (Å²) in [5.74, 6) is 0. The Morgan fingerprint density at radius 3 is 2.54 bits per heavy atom. The van der Waals surface area contributed by atoms with Crippen molar-refractivity contribution in [1.82, 2.24) is 14.3 Å². The van der Waals surface area contributed by atoms with E-state index in [1.807, 2.05) is 6.92 Å². The number of fused-ring (bicyclic) bond motifs is 1. The molecule has 0 bridgehead atoms. The normalized spacial score (nSPS) is 24.9. The molecule has 196 valence electrons. The molecule has 1 aliphatic heterocycles. The summed E-state index contributed by atoms with van der Waals surface area (Å²) in [4.78, 5) is 54.1. The number of aryl methyl sites for hydroxylation is 1. The van der Waals surface area contributed by atoms with Gasteiger partial charge in [0.1, 0.15) is 24.0 Å². The number of hydrogen-bond acceptors (Lipinski definition) is 12. The maximum absolute atomic E-state index is 13.1. The summed E-state index contributed by atoms with van der Waals surface area (Å²) >= 11 is 0. The Kier molecular flexibility index (Phi) is 9.20. The Hall–Kier alpha value is -1.49. The van der Waals surface area contributed by atoms with Crippen molar-refractivity contribution in [2.24, 2.45) is 0 Å². The fraction of sp³-hybridized carbons (Fsp3) is 0.389. The molecule has 19 heteroatoms. The zero-order valence-corrected chi connectivity index (χ0v) is 23.1. The minimum absolute atomic E-state index is 0. The van der Waals surface area contributed by atoms with E-state index in [4.69, 9.17) is 14.2 Å². The van der Waals surface area contributed by atoms with Crippen LogP contribution >= 0.6 is 15.6 Å². The average Bonchev–Trinajstić information content (AvgIpc) is 3.28. The van der Waals surface area contributed by atoms with Gasteiger partial charge in [-0.15, -0.1) is 0 Å². The van der Waals surface area contributed by atoms with E-state index in [0.29, 0.717) is 16.7 Å². The van der Waals surface area contributed by atoms with Crippen molar-refractivity contribution in [1.29, 1.82) is 0 Å². The molecule has 0 aliphatic carbocycles. The van der Waals surface area contributed by atoms with Crippen LogP contribution in [0.25, 0.3) is 11.0 Å². The third kappa shape index (κ3) is 6.75. The Balaban J connectivity index is 0.00000380. The number of aliphatic hydroxyl groups is 2. The maximum Gasteiger partial charge on any atom is 1.00 e. The summed E-state index contributed by atoms with van der Waals surface area (Å²) in [5.41, 5.74) is 0.0227. The third-order valence-corrected chi connectivity index (χ3v) is 7.45. The molecule has 37 heavy (non-hydrogen) atoms. The Morgan fingerprint density at radius 1 is 1.16 bits per heavy atom. The molecule has 3 unspecified atom stereocenters. The molecule has 2 aromatic heterocycles. The summed E-state index contributed by atoms with van der Waals surface area (Å²) in [7, 11) is -10.9. The Labute approximate surface area is 229 Å². The fourth-order valence-corrected chi connectivity index (χ4v) is 5.22. The van der Waals surface area contributed by atoms with E-state index in [2.05, 4.69) is 14.0 Å². The minimum atomic E-state index is -5.63. The summed E-state index contributed by atoms with van der Waals surface area (Å²) < 4.78 is 42.4. The number of aliphatic hydroxyl groups excluding tert-OH is 2. The quantitative estimate of drug-likeness (QED) is 0.148. The standard InChI is InChI=1S/C18H21N3O13P2.Na/c1-9-2-3-10-11(19-33-12(10)6-9)7-21-14(22)4-5-20(18(21)25)17-16(24)15(23)13(32-17)8-31-36(29,30)34-35(26,27)28;/h2-6,13,15-17,23-24H,7-8H2,1H3,(H,29,30)(H2,26,27,28);/q;+1/p-1/t13-,15+,16?,17-;/m1./s1. The van der Waals surface area contributed by atoms with Crippen molar-refractivity contribution in [3.8, 4) is 0 Å². The van der Waals surface area contributed by atoms with E-state index < -0.39 is 58.0 Å². The van der Waals surface area contributed by atoms with E-state index in [0.717, 1.165) is 27.0 Å². The summed E-state index contributed by atoms with van der Waals surface area (Å²) in [5, 5.41) is 25.1. The fourth-order valence-electron chi connectivity index (χ4n) is 3.65. The molecule has 6 atom stereocenters. The Morgan fingerprint density at radius 2 is 1.86 bits per heavy atom. The predicted octanol–water partition coefficient (Wildman–Crippen LogP) is -4.27. The number of nitrogens with zero attached hydrogens (tertiary/aromatic N) is 3. The molecule has 0 radical (unpaired) electrons. The summed E-state index contributed by atoms with van der Waals surface area (Å²) in [6, 6.07) is 6.27. The SMILES string of the molecule is Cc1ccc2c(Cn3c(=O)ccn([C@@H]4O[C@H](COP(=O)(O)OP(=O)([O-])O)[C@H](O)C4O)c3=O)noc2c1.[Na+]. The van der Waals surface area contributed by atoms with Gasteiger partial charge < -0.3 is 34.2 Å². The van der Waals surface area contributed by atoms with Gasteiger partial charge in [-0.25, -0.2) is 13.7 Å². The van der Waals surface area contributed by atoms with Crippen LogP contribution in [0.3, 0.4) is 0 Å². The van der Waals surface area contributed by atoms with Crippen LogP contribution in [0, 0.1) is 6.92 Å². The molecule has 1 saturated heterocycles. The van der Waals surface area contributed by atoms with Gasteiger partial charge in [0.05, 0.1) is 13.2 Å². The van der Waals surface area contributed by atoms with Crippen LogP contribution in [0.15, 0.2) is 44.6 Å². The Bertz CT molecular complexity index is 1500. The first-order valence-corrected chi connectivity index (χ1v) is 13.2. The smallest absolute Gasteiger partial charge is 0.756 e. The van der Waals surface area contributed by atoms with Gasteiger partial charge >= 0.3 is 43.1 Å². The van der Waals surface area contributed by atoms with Crippen LogP contribution in [0.1, 0.15) is 17.5 Å². The van der Waals surface area contributed by atoms with Crippen LogP contribution in [0.2, 0.25) is 0 Å². The first kappa shape index (κ1) is 30.1. The van der Waals surface area contributed by atoms with Gasteiger partial charge in [-0.3, -0.25) is 23.0 Å². The average molecular weight is 571 g/mol. The van der Waals surface area contributed by atoms with Crippen LogP contribution in [0.4, 0.5) is 0 Å². The first-order chi connectivity index (χ1) is 16.8. The van der Waals surface area contributed by atoms with Gasteiger partial charge in [-0.2, -0.15) is 0 Å². The third-order valence-electron chi connectivity index (χ3n) is 5.33. The molecule has 0 spiro atoms. The van der Waals surface area contributed by atoms with Gasteiger partial charge in [0, 0.05) is 17.6 Å². The van der Waals surface area contributed by atoms with E-state index in [1.54, 1.807) is 18.2 Å². The molecule has 4 N–H and O–H groups in total. The predicted molar refractivity (Wildman–Crippen MR) is 115 cm³/mol. The van der Waals surface area contributed by atoms with Crippen molar-refractivity contribution in [3.63, 3.8) is 0 Å². The number of phosphoric acid groups is 2. The monoisotopic (exact) mass is 571 g/mol. The van der Waals surface area contributed by atoms with Crippen molar-refractivity contribution >= 4 is 26.6 Å². The first-order valence-electron chi connectivity index (χ1n) is 10.2. The second-order valence-electron chi connectivity index (χ2n) is 7.92. The van der Waals surface area contributed by atoms with Crippen LogP contribution in [-0.4, -0.2) is 59.2 Å². The number of ether oxygens (including phenoxy) is 1. The topological polar surface area (TPSA) is 236 Å². The van der Waals surface area contributed by atoms with Crippen molar-refractivity contribution in [2.45, 2.75) is 38.0 Å². The van der Waals surface area contributed by atoms with Gasteiger partial charge in [0.2, 0.25) is 0 Å². The summed E-state index contributed by atoms with van der Waals surface area (Å²) in [6.45, 7) is 0.595. The van der Waals surface area contributed by atoms with E-state index in [1.165, 1.54) is 0 Å². The maximum atomic E-state index is 13.1. The number of phosphoric ester groups is 1. The van der Waals surface area contributed by atoms with E-state index in [-0.39, 0.29) is 36.1 Å². The molecule has 4 rings (SSSR count). The molecule has 0 amide bonds. The largest absolute Gasteiger partial charge is 1.00 e. The molecule has 1 fully saturated rings. The minimum Gasteiger partial charge on any atom is -0.756 e.